The number of carboxylic acid groups (broad SMARTS) is 1. The van der Waals surface area contributed by atoms with Crippen molar-refractivity contribution in [2.24, 2.45) is 0 Å². The third-order valence-corrected chi connectivity index (χ3v) is 1.74. The number of aliphatic hydroxyl groups excluding tert-OH is 1. The molecule has 84 valence electrons. The standard InChI is InChI=1S/C8H8F3NO3/c9-8(10,11)5-1-4(2-6(13)14)3-12-7(5)15/h1,3,7,12,15H,2H2,(H,13,14). The first-order chi connectivity index (χ1) is 6.80. The molecule has 0 aliphatic carbocycles. The van der Waals surface area contributed by atoms with Gasteiger partial charge in [0, 0.05) is 6.20 Å². The Balaban J connectivity index is 2.89. The zero-order valence-electron chi connectivity index (χ0n) is 7.38. The van der Waals surface area contributed by atoms with E-state index < -0.39 is 30.4 Å². The molecule has 0 aromatic heterocycles. The topological polar surface area (TPSA) is 69.6 Å². The lowest BCUT2D eigenvalue weighted by Crippen LogP contribution is -2.36. The fraction of sp³-hybridized carbons (Fsp3) is 0.375. The second-order valence-corrected chi connectivity index (χ2v) is 2.96. The molecule has 3 N–H and O–H groups in total. The van der Waals surface area contributed by atoms with Crippen molar-refractivity contribution >= 4 is 5.97 Å². The summed E-state index contributed by atoms with van der Waals surface area (Å²) in [6.45, 7) is 0. The Kier molecular flexibility index (Phi) is 3.04. The van der Waals surface area contributed by atoms with Crippen LogP contribution in [0, 0.1) is 0 Å². The Morgan fingerprint density at radius 1 is 1.53 bits per heavy atom. The number of aliphatic carboxylic acids is 1. The third-order valence-electron chi connectivity index (χ3n) is 1.74. The predicted octanol–water partition coefficient (Wildman–Crippen LogP) is 0.755. The smallest absolute Gasteiger partial charge is 0.416 e. The zero-order valence-corrected chi connectivity index (χ0v) is 7.38. The Labute approximate surface area is 82.7 Å². The van der Waals surface area contributed by atoms with Gasteiger partial charge in [-0.25, -0.2) is 0 Å². The summed E-state index contributed by atoms with van der Waals surface area (Å²) in [5.41, 5.74) is -1.23. The summed E-state index contributed by atoms with van der Waals surface area (Å²) in [5.74, 6) is -1.24. The van der Waals surface area contributed by atoms with Gasteiger partial charge in [0.2, 0.25) is 0 Å². The van der Waals surface area contributed by atoms with Crippen LogP contribution in [-0.4, -0.2) is 28.6 Å². The van der Waals surface area contributed by atoms with E-state index in [-0.39, 0.29) is 5.57 Å². The molecule has 0 aromatic rings. The number of hydrogen-bond donors (Lipinski definition) is 3. The number of nitrogens with one attached hydrogen (secondary N) is 1. The number of dihydropyridines is 1. The average molecular weight is 223 g/mol. The van der Waals surface area contributed by atoms with Crippen LogP contribution in [0.1, 0.15) is 6.42 Å². The quantitative estimate of drug-likeness (QED) is 0.646. The van der Waals surface area contributed by atoms with Crippen LogP contribution in [0.3, 0.4) is 0 Å². The van der Waals surface area contributed by atoms with Crippen LogP contribution in [0.25, 0.3) is 0 Å². The van der Waals surface area contributed by atoms with E-state index in [4.69, 9.17) is 10.2 Å². The monoisotopic (exact) mass is 223 g/mol. The van der Waals surface area contributed by atoms with Crippen molar-refractivity contribution in [3.63, 3.8) is 0 Å². The van der Waals surface area contributed by atoms with Crippen LogP contribution >= 0.6 is 0 Å². The van der Waals surface area contributed by atoms with Crippen molar-refractivity contribution in [2.75, 3.05) is 0 Å². The summed E-state index contributed by atoms with van der Waals surface area (Å²) in [6, 6.07) is 0. The molecule has 1 unspecified atom stereocenters. The lowest BCUT2D eigenvalue weighted by Gasteiger charge is -2.22. The van der Waals surface area contributed by atoms with Crippen LogP contribution in [-0.2, 0) is 4.79 Å². The van der Waals surface area contributed by atoms with Gasteiger partial charge in [0.05, 0.1) is 12.0 Å². The number of carboxylic acids is 1. The van der Waals surface area contributed by atoms with E-state index in [1.165, 1.54) is 0 Å². The van der Waals surface area contributed by atoms with Crippen molar-refractivity contribution < 1.29 is 28.2 Å². The summed E-state index contributed by atoms with van der Waals surface area (Å²) in [6.07, 6.45) is -5.37. The molecule has 7 heteroatoms. The summed E-state index contributed by atoms with van der Waals surface area (Å²) >= 11 is 0. The first kappa shape index (κ1) is 11.6. The predicted molar refractivity (Wildman–Crippen MR) is 43.6 cm³/mol. The molecule has 0 saturated heterocycles. The van der Waals surface area contributed by atoms with E-state index >= 15 is 0 Å². The van der Waals surface area contributed by atoms with E-state index in [1.54, 1.807) is 0 Å². The van der Waals surface area contributed by atoms with Crippen LogP contribution < -0.4 is 5.32 Å². The molecule has 1 atom stereocenters. The van der Waals surface area contributed by atoms with Gasteiger partial charge in [0.15, 0.2) is 6.23 Å². The van der Waals surface area contributed by atoms with Gasteiger partial charge in [-0.1, -0.05) is 0 Å². The molecule has 0 radical (unpaired) electrons. The molecule has 1 heterocycles. The van der Waals surface area contributed by atoms with Crippen molar-refractivity contribution in [1.82, 2.24) is 5.32 Å². The first-order valence-corrected chi connectivity index (χ1v) is 3.94. The third kappa shape index (κ3) is 2.98. The molecule has 0 fully saturated rings. The average Bonchev–Trinajstić information content (AvgIpc) is 2.05. The number of rotatable bonds is 2. The van der Waals surface area contributed by atoms with Gasteiger partial charge in [-0.15, -0.1) is 0 Å². The van der Waals surface area contributed by atoms with E-state index in [0.717, 1.165) is 6.20 Å². The fourth-order valence-corrected chi connectivity index (χ4v) is 1.11. The SMILES string of the molecule is O=C(O)CC1=CNC(O)C(C(F)(F)F)=C1. The van der Waals surface area contributed by atoms with Gasteiger partial charge in [0.25, 0.3) is 0 Å². The number of alkyl halides is 3. The van der Waals surface area contributed by atoms with Gasteiger partial charge in [0.1, 0.15) is 0 Å². The highest BCUT2D eigenvalue weighted by molar-refractivity contribution is 5.71. The molecular weight excluding hydrogens is 215 g/mol. The molecule has 4 nitrogen and oxygen atoms in total. The summed E-state index contributed by atoms with van der Waals surface area (Å²) in [5, 5.41) is 19.4. The van der Waals surface area contributed by atoms with Gasteiger partial charge < -0.3 is 15.5 Å². The summed E-state index contributed by atoms with van der Waals surface area (Å²) in [7, 11) is 0. The lowest BCUT2D eigenvalue weighted by atomic mass is 10.0. The maximum absolute atomic E-state index is 12.3. The maximum atomic E-state index is 12.3. The zero-order chi connectivity index (χ0) is 11.6. The molecule has 0 saturated carbocycles. The van der Waals surface area contributed by atoms with Crippen LogP contribution in [0.15, 0.2) is 23.4 Å². The molecule has 15 heavy (non-hydrogen) atoms. The molecule has 0 amide bonds. The van der Waals surface area contributed by atoms with Crippen LogP contribution in [0.2, 0.25) is 0 Å². The highest BCUT2D eigenvalue weighted by Crippen LogP contribution is 2.30. The second kappa shape index (κ2) is 3.93. The lowest BCUT2D eigenvalue weighted by molar-refractivity contribution is -0.136. The van der Waals surface area contributed by atoms with E-state index in [1.807, 2.05) is 5.32 Å². The van der Waals surface area contributed by atoms with Crippen molar-refractivity contribution in [3.05, 3.63) is 23.4 Å². The highest BCUT2D eigenvalue weighted by atomic mass is 19.4. The van der Waals surface area contributed by atoms with Crippen LogP contribution in [0.4, 0.5) is 13.2 Å². The second-order valence-electron chi connectivity index (χ2n) is 2.96. The number of hydrogen-bond acceptors (Lipinski definition) is 3. The van der Waals surface area contributed by atoms with Crippen molar-refractivity contribution in [2.45, 2.75) is 18.8 Å². The summed E-state index contributed by atoms with van der Waals surface area (Å²) in [4.78, 5) is 10.3. The van der Waals surface area contributed by atoms with Gasteiger partial charge >= 0.3 is 12.1 Å². The minimum absolute atomic E-state index is 0.0416. The Morgan fingerprint density at radius 2 is 2.13 bits per heavy atom. The maximum Gasteiger partial charge on any atom is 0.416 e. The van der Waals surface area contributed by atoms with Crippen LogP contribution in [0.5, 0.6) is 0 Å². The number of halogens is 3. The number of carbonyl (C=O) groups is 1. The Bertz CT molecular complexity index is 333. The largest absolute Gasteiger partial charge is 0.481 e. The van der Waals surface area contributed by atoms with Gasteiger partial charge in [-0.05, 0) is 11.6 Å². The van der Waals surface area contributed by atoms with E-state index in [2.05, 4.69) is 0 Å². The molecular formula is C8H8F3NO3. The minimum atomic E-state index is -4.68. The first-order valence-electron chi connectivity index (χ1n) is 3.94. The van der Waals surface area contributed by atoms with Crippen molar-refractivity contribution in [1.29, 1.82) is 0 Å². The normalized spacial score (nSPS) is 21.5. The molecule has 0 spiro atoms. The fourth-order valence-electron chi connectivity index (χ4n) is 1.11. The minimum Gasteiger partial charge on any atom is -0.481 e. The van der Waals surface area contributed by atoms with E-state index in [9.17, 15) is 18.0 Å². The molecule has 1 aliphatic heterocycles. The van der Waals surface area contributed by atoms with Gasteiger partial charge in [-0.2, -0.15) is 13.2 Å². The van der Waals surface area contributed by atoms with Crippen molar-refractivity contribution in [3.8, 4) is 0 Å². The van der Waals surface area contributed by atoms with Gasteiger partial charge in [-0.3, -0.25) is 4.79 Å². The Morgan fingerprint density at radius 3 is 2.60 bits per heavy atom. The summed E-state index contributed by atoms with van der Waals surface area (Å²) < 4.78 is 36.8. The molecule has 0 aromatic carbocycles. The molecule has 1 aliphatic rings. The number of aliphatic hydroxyl groups is 1. The molecule has 0 bridgehead atoms. The molecule has 1 rings (SSSR count). The number of allylic oxidation sites excluding steroid dienone is 1. The Hall–Kier alpha value is -1.50. The van der Waals surface area contributed by atoms with E-state index in [0.29, 0.717) is 6.08 Å². The highest BCUT2D eigenvalue weighted by Gasteiger charge is 2.39.